The Labute approximate surface area is 188 Å². The maximum Gasteiger partial charge on any atom is 2.00 e. The maximum atomic E-state index is 10.5. The average Bonchev–Trinajstić information content (AvgIpc) is 3.23. The molecule has 0 aromatic rings. The van der Waals surface area contributed by atoms with Gasteiger partial charge in [0.15, 0.2) is 11.6 Å². The van der Waals surface area contributed by atoms with Crippen LogP contribution in [0, 0.1) is 0 Å². The van der Waals surface area contributed by atoms with Crippen molar-refractivity contribution in [3.05, 3.63) is 0 Å². The van der Waals surface area contributed by atoms with E-state index in [9.17, 15) is 19.8 Å². The number of carboxylic acid groups (broad SMARTS) is 2. The van der Waals surface area contributed by atoms with E-state index in [0.717, 1.165) is 51.4 Å². The third-order valence-electron chi connectivity index (χ3n) is 5.47. The Hall–Kier alpha value is 0.0397. The van der Waals surface area contributed by atoms with Crippen molar-refractivity contribution in [2.75, 3.05) is 13.2 Å². The summed E-state index contributed by atoms with van der Waals surface area (Å²) in [6.45, 7) is 0.282. The zero-order valence-electron chi connectivity index (χ0n) is 15.6. The van der Waals surface area contributed by atoms with Crippen molar-refractivity contribution in [1.29, 1.82) is 0 Å². The van der Waals surface area contributed by atoms with E-state index in [-0.39, 0.29) is 51.0 Å². The molecule has 0 radical (unpaired) electrons. The van der Waals surface area contributed by atoms with Gasteiger partial charge in [-0.3, -0.25) is 0 Å². The van der Waals surface area contributed by atoms with Gasteiger partial charge in [-0.1, -0.05) is 12.8 Å². The second-order valence-electron chi connectivity index (χ2n) is 7.42. The van der Waals surface area contributed by atoms with Gasteiger partial charge in [0.1, 0.15) is 12.2 Å². The van der Waals surface area contributed by atoms with Gasteiger partial charge in [0, 0.05) is 25.7 Å². The van der Waals surface area contributed by atoms with E-state index < -0.39 is 35.7 Å². The van der Waals surface area contributed by atoms with Gasteiger partial charge in [0.2, 0.25) is 0 Å². The summed E-state index contributed by atoms with van der Waals surface area (Å²) in [4.78, 5) is 21.0. The van der Waals surface area contributed by atoms with E-state index in [1.807, 2.05) is 0 Å². The standard InChI is InChI=1S/2C9H14O4.Ca/c2*10-8(11)7-6-12-9(13-7)4-2-1-3-5-9;/h2*7H,1-6H2,(H,10,11);/q;;+2/p-2. The minimum atomic E-state index is -1.16. The number of hydrogen-bond acceptors (Lipinski definition) is 8. The smallest absolute Gasteiger partial charge is 0.547 e. The molecule has 2 atom stereocenters. The normalized spacial score (nSPS) is 31.0. The first-order valence-electron chi connectivity index (χ1n) is 9.49. The van der Waals surface area contributed by atoms with Crippen LogP contribution in [0.1, 0.15) is 64.2 Å². The van der Waals surface area contributed by atoms with Crippen LogP contribution in [0.25, 0.3) is 0 Å². The molecule has 2 aliphatic heterocycles. The van der Waals surface area contributed by atoms with Crippen molar-refractivity contribution >= 4 is 49.7 Å². The first-order valence-corrected chi connectivity index (χ1v) is 9.49. The van der Waals surface area contributed by atoms with Gasteiger partial charge < -0.3 is 38.7 Å². The number of ether oxygens (including phenoxy) is 4. The summed E-state index contributed by atoms with van der Waals surface area (Å²) in [5, 5.41) is 21.0. The summed E-state index contributed by atoms with van der Waals surface area (Å²) in [5.74, 6) is -3.52. The summed E-state index contributed by atoms with van der Waals surface area (Å²) in [6, 6.07) is 0. The molecule has 0 N–H and O–H groups in total. The third kappa shape index (κ3) is 6.01. The van der Waals surface area contributed by atoms with Crippen LogP contribution >= 0.6 is 0 Å². The predicted molar refractivity (Wildman–Crippen MR) is 89.1 cm³/mol. The Bertz CT molecular complexity index is 467. The largest absolute Gasteiger partial charge is 2.00 e. The molecule has 2 unspecified atom stereocenters. The molecule has 2 saturated carbocycles. The van der Waals surface area contributed by atoms with E-state index in [4.69, 9.17) is 18.9 Å². The van der Waals surface area contributed by atoms with Gasteiger partial charge in [-0.15, -0.1) is 0 Å². The van der Waals surface area contributed by atoms with Gasteiger partial charge in [0.25, 0.3) is 0 Å². The monoisotopic (exact) mass is 410 g/mol. The van der Waals surface area contributed by atoms with Crippen molar-refractivity contribution in [3.63, 3.8) is 0 Å². The van der Waals surface area contributed by atoms with Crippen LogP contribution in [-0.2, 0) is 28.5 Å². The Morgan fingerprint density at radius 1 is 0.667 bits per heavy atom. The molecule has 2 spiro atoms. The molecule has 8 nitrogen and oxygen atoms in total. The van der Waals surface area contributed by atoms with E-state index in [1.54, 1.807) is 0 Å². The minimum absolute atomic E-state index is 0. The number of carbonyl (C=O) groups excluding carboxylic acids is 2. The number of aliphatic carboxylic acids is 2. The minimum Gasteiger partial charge on any atom is -0.547 e. The summed E-state index contributed by atoms with van der Waals surface area (Å²) in [6.07, 6.45) is 8.13. The van der Waals surface area contributed by atoms with Gasteiger partial charge in [0.05, 0.1) is 25.2 Å². The Morgan fingerprint density at radius 2 is 1.00 bits per heavy atom. The summed E-state index contributed by atoms with van der Waals surface area (Å²) in [7, 11) is 0. The zero-order valence-corrected chi connectivity index (χ0v) is 17.8. The summed E-state index contributed by atoms with van der Waals surface area (Å²) >= 11 is 0. The Morgan fingerprint density at radius 3 is 1.26 bits per heavy atom. The molecule has 148 valence electrons. The number of hydrogen-bond donors (Lipinski definition) is 0. The van der Waals surface area contributed by atoms with Crippen LogP contribution < -0.4 is 10.2 Å². The summed E-state index contributed by atoms with van der Waals surface area (Å²) < 4.78 is 21.6. The van der Waals surface area contributed by atoms with Crippen molar-refractivity contribution < 1.29 is 38.7 Å². The van der Waals surface area contributed by atoms with E-state index >= 15 is 0 Å². The molecule has 2 heterocycles. The molecule has 9 heteroatoms. The SMILES string of the molecule is O=C([O-])C1COC2(CCCCC2)O1.O=C([O-])C1COC2(CCCCC2)O1.[Ca+2]. The molecule has 4 fully saturated rings. The van der Waals surface area contributed by atoms with Crippen LogP contribution in [-0.4, -0.2) is 86.7 Å². The molecule has 27 heavy (non-hydrogen) atoms. The number of carbonyl (C=O) groups is 2. The molecule has 4 aliphatic rings. The van der Waals surface area contributed by atoms with E-state index in [1.165, 1.54) is 12.8 Å². The first kappa shape index (κ1) is 23.3. The second-order valence-corrected chi connectivity index (χ2v) is 7.42. The fourth-order valence-electron chi connectivity index (χ4n) is 4.05. The first-order chi connectivity index (χ1) is 12.4. The molecule has 0 bridgehead atoms. The van der Waals surface area contributed by atoms with Crippen molar-refractivity contribution in [2.45, 2.75) is 88.0 Å². The predicted octanol–water partition coefficient (Wildman–Crippen LogP) is -0.757. The van der Waals surface area contributed by atoms with Crippen molar-refractivity contribution in [3.8, 4) is 0 Å². The van der Waals surface area contributed by atoms with Gasteiger partial charge in [-0.05, 0) is 25.7 Å². The molecule has 0 aromatic heterocycles. The molecular formula is C18H26CaO8. The van der Waals surface area contributed by atoms with Crippen LogP contribution in [0.3, 0.4) is 0 Å². The molecule has 0 aromatic carbocycles. The quantitative estimate of drug-likeness (QED) is 0.546. The number of rotatable bonds is 2. The van der Waals surface area contributed by atoms with Crippen LogP contribution in [0.4, 0.5) is 0 Å². The van der Waals surface area contributed by atoms with Crippen LogP contribution in [0.5, 0.6) is 0 Å². The average molecular weight is 410 g/mol. The third-order valence-corrected chi connectivity index (χ3v) is 5.47. The Kier molecular flexibility index (Phi) is 8.80. The van der Waals surface area contributed by atoms with E-state index in [0.29, 0.717) is 0 Å². The molecular weight excluding hydrogens is 384 g/mol. The fourth-order valence-corrected chi connectivity index (χ4v) is 4.05. The molecule has 2 aliphatic carbocycles. The molecule has 2 saturated heterocycles. The topological polar surface area (TPSA) is 117 Å². The van der Waals surface area contributed by atoms with Gasteiger partial charge >= 0.3 is 37.7 Å². The molecule has 0 amide bonds. The van der Waals surface area contributed by atoms with Crippen molar-refractivity contribution in [1.82, 2.24) is 0 Å². The number of carboxylic acids is 2. The van der Waals surface area contributed by atoms with Gasteiger partial charge in [-0.2, -0.15) is 0 Å². The zero-order chi connectivity index (χ0) is 18.6. The fraction of sp³-hybridized carbons (Fsp3) is 0.889. The van der Waals surface area contributed by atoms with Crippen LogP contribution in [0.2, 0.25) is 0 Å². The summed E-state index contributed by atoms with van der Waals surface area (Å²) in [5.41, 5.74) is 0. The Balaban J connectivity index is 0.000000187. The van der Waals surface area contributed by atoms with E-state index in [2.05, 4.69) is 0 Å². The maximum absolute atomic E-state index is 10.5. The van der Waals surface area contributed by atoms with Crippen molar-refractivity contribution in [2.24, 2.45) is 0 Å². The van der Waals surface area contributed by atoms with Crippen LogP contribution in [0.15, 0.2) is 0 Å². The second kappa shape index (κ2) is 10.2. The van der Waals surface area contributed by atoms with Gasteiger partial charge in [-0.25, -0.2) is 0 Å². The molecule has 4 rings (SSSR count).